The van der Waals surface area contributed by atoms with Gasteiger partial charge in [0.25, 0.3) is 0 Å². The fraction of sp³-hybridized carbons (Fsp3) is 0.182. The van der Waals surface area contributed by atoms with Crippen LogP contribution in [-0.2, 0) is 22.6 Å². The number of para-hydroxylation sites is 1. The van der Waals surface area contributed by atoms with Crippen LogP contribution < -0.4 is 10.4 Å². The van der Waals surface area contributed by atoms with Gasteiger partial charge in [0.15, 0.2) is 0 Å². The Morgan fingerprint density at radius 1 is 1.15 bits per heavy atom. The van der Waals surface area contributed by atoms with Crippen molar-refractivity contribution in [2.75, 3.05) is 7.11 Å². The van der Waals surface area contributed by atoms with Crippen LogP contribution in [0.5, 0.6) is 5.75 Å². The van der Waals surface area contributed by atoms with Gasteiger partial charge in [0.05, 0.1) is 7.11 Å². The summed E-state index contributed by atoms with van der Waals surface area (Å²) < 4.78 is 15.8. The lowest BCUT2D eigenvalue weighted by Crippen LogP contribution is -2.06. The number of hydrogen-bond donors (Lipinski definition) is 0. The fourth-order valence-corrected chi connectivity index (χ4v) is 2.77. The van der Waals surface area contributed by atoms with Crippen molar-refractivity contribution >= 4 is 23.0 Å². The predicted octanol–water partition coefficient (Wildman–Crippen LogP) is 4.12. The minimum atomic E-state index is -0.507. The Morgan fingerprint density at radius 2 is 1.96 bits per heavy atom. The molecule has 0 unspecified atom stereocenters. The van der Waals surface area contributed by atoms with Gasteiger partial charge in [-0.2, -0.15) is 0 Å². The molecule has 0 N–H and O–H groups in total. The van der Waals surface area contributed by atoms with E-state index in [-0.39, 0.29) is 6.61 Å². The number of esters is 1. The van der Waals surface area contributed by atoms with Crippen molar-refractivity contribution in [3.63, 3.8) is 0 Å². The molecule has 0 spiro atoms. The smallest absolute Gasteiger partial charge is 0.336 e. The quantitative estimate of drug-likeness (QED) is 0.374. The summed E-state index contributed by atoms with van der Waals surface area (Å²) in [6.07, 6.45) is 3.80. The maximum Gasteiger partial charge on any atom is 0.336 e. The highest BCUT2D eigenvalue weighted by Crippen LogP contribution is 2.21. The molecule has 0 amide bonds. The van der Waals surface area contributed by atoms with E-state index >= 15 is 0 Å². The highest BCUT2D eigenvalue weighted by atomic mass is 16.5. The minimum absolute atomic E-state index is 0.0112. The predicted molar refractivity (Wildman–Crippen MR) is 104 cm³/mol. The Kier molecular flexibility index (Phi) is 5.71. The number of rotatable bonds is 6. The zero-order valence-corrected chi connectivity index (χ0v) is 15.2. The molecule has 27 heavy (non-hydrogen) atoms. The molecule has 0 radical (unpaired) electrons. The molecule has 0 aliphatic heterocycles. The van der Waals surface area contributed by atoms with Gasteiger partial charge in [0.1, 0.15) is 17.9 Å². The lowest BCUT2D eigenvalue weighted by Gasteiger charge is -2.07. The van der Waals surface area contributed by atoms with Crippen LogP contribution in [0.3, 0.4) is 0 Å². The maximum absolute atomic E-state index is 12.1. The molecular weight excluding hydrogens is 344 g/mol. The summed E-state index contributed by atoms with van der Waals surface area (Å²) in [6.45, 7) is 2.02. The third-order valence-corrected chi connectivity index (χ3v) is 4.21. The van der Waals surface area contributed by atoms with Crippen LogP contribution in [0.15, 0.2) is 63.8 Å². The summed E-state index contributed by atoms with van der Waals surface area (Å²) in [7, 11) is 1.57. The van der Waals surface area contributed by atoms with Crippen molar-refractivity contribution in [3.05, 3.63) is 81.7 Å². The van der Waals surface area contributed by atoms with Gasteiger partial charge in [-0.25, -0.2) is 9.59 Å². The lowest BCUT2D eigenvalue weighted by molar-refractivity contribution is -0.138. The number of aryl methyl sites for hydroxylation is 1. The van der Waals surface area contributed by atoms with E-state index < -0.39 is 11.6 Å². The standard InChI is InChI=1S/C22H20O5/c1-3-15-8-10-18-17(13-22(24)27-20(18)12-15)14-26-21(23)11-9-16-6-4-5-7-19(16)25-2/h4-13H,3,14H2,1-2H3/b11-9+. The average molecular weight is 364 g/mol. The number of ether oxygens (including phenoxy) is 2. The number of benzene rings is 2. The third-order valence-electron chi connectivity index (χ3n) is 4.21. The second kappa shape index (κ2) is 8.36. The molecule has 3 aromatic rings. The molecule has 0 saturated carbocycles. The molecule has 1 aromatic heterocycles. The van der Waals surface area contributed by atoms with Gasteiger partial charge < -0.3 is 13.9 Å². The number of methoxy groups -OCH3 is 1. The normalized spacial score (nSPS) is 11.0. The average Bonchev–Trinajstić information content (AvgIpc) is 2.69. The Balaban J connectivity index is 1.75. The Morgan fingerprint density at radius 3 is 2.74 bits per heavy atom. The molecule has 0 saturated heterocycles. The number of carbonyl (C=O) groups is 1. The highest BCUT2D eigenvalue weighted by molar-refractivity contribution is 5.88. The molecule has 3 rings (SSSR count). The third kappa shape index (κ3) is 4.44. The van der Waals surface area contributed by atoms with Crippen LogP contribution >= 0.6 is 0 Å². The molecule has 138 valence electrons. The van der Waals surface area contributed by atoms with Crippen molar-refractivity contribution in [2.45, 2.75) is 20.0 Å². The zero-order valence-electron chi connectivity index (χ0n) is 15.2. The second-order valence-electron chi connectivity index (χ2n) is 5.96. The first-order valence-corrected chi connectivity index (χ1v) is 8.64. The Labute approximate surface area is 156 Å². The lowest BCUT2D eigenvalue weighted by atomic mass is 10.1. The zero-order chi connectivity index (χ0) is 19.2. The van der Waals surface area contributed by atoms with E-state index in [9.17, 15) is 9.59 Å². The molecule has 1 heterocycles. The van der Waals surface area contributed by atoms with E-state index in [2.05, 4.69) is 0 Å². The van der Waals surface area contributed by atoms with Crippen LogP contribution in [0.2, 0.25) is 0 Å². The molecule has 5 nitrogen and oxygen atoms in total. The molecule has 0 bridgehead atoms. The molecule has 2 aromatic carbocycles. The van der Waals surface area contributed by atoms with Gasteiger partial charge in [-0.05, 0) is 30.2 Å². The van der Waals surface area contributed by atoms with Crippen molar-refractivity contribution in [2.24, 2.45) is 0 Å². The van der Waals surface area contributed by atoms with Crippen molar-refractivity contribution < 1.29 is 18.7 Å². The number of hydrogen-bond acceptors (Lipinski definition) is 5. The molecule has 0 fully saturated rings. The first-order chi connectivity index (χ1) is 13.1. The van der Waals surface area contributed by atoms with Crippen molar-refractivity contribution in [1.29, 1.82) is 0 Å². The van der Waals surface area contributed by atoms with E-state index in [1.165, 1.54) is 12.1 Å². The summed E-state index contributed by atoms with van der Waals surface area (Å²) in [5, 5.41) is 0.758. The molecule has 0 aliphatic carbocycles. The topological polar surface area (TPSA) is 65.7 Å². The summed E-state index contributed by atoms with van der Waals surface area (Å²) in [5.41, 5.74) is 2.49. The van der Waals surface area contributed by atoms with Gasteiger partial charge >= 0.3 is 11.6 Å². The molecular formula is C22H20O5. The first kappa shape index (κ1) is 18.5. The van der Waals surface area contributed by atoms with Crippen LogP contribution in [0, 0.1) is 0 Å². The highest BCUT2D eigenvalue weighted by Gasteiger charge is 2.08. The van der Waals surface area contributed by atoms with E-state index in [0.717, 1.165) is 22.9 Å². The van der Waals surface area contributed by atoms with Crippen molar-refractivity contribution in [3.8, 4) is 5.75 Å². The van der Waals surface area contributed by atoms with E-state index in [4.69, 9.17) is 13.9 Å². The first-order valence-electron chi connectivity index (χ1n) is 8.64. The van der Waals surface area contributed by atoms with Gasteiger partial charge in [0.2, 0.25) is 0 Å². The van der Waals surface area contributed by atoms with Crippen molar-refractivity contribution in [1.82, 2.24) is 0 Å². The van der Waals surface area contributed by atoms with Crippen LogP contribution in [0.25, 0.3) is 17.0 Å². The second-order valence-corrected chi connectivity index (χ2v) is 5.96. The van der Waals surface area contributed by atoms with E-state index in [1.54, 1.807) is 13.2 Å². The van der Waals surface area contributed by atoms with Crippen LogP contribution in [-0.4, -0.2) is 13.1 Å². The summed E-state index contributed by atoms with van der Waals surface area (Å²) >= 11 is 0. The fourth-order valence-electron chi connectivity index (χ4n) is 2.77. The van der Waals surface area contributed by atoms with Gasteiger partial charge in [-0.1, -0.05) is 37.3 Å². The van der Waals surface area contributed by atoms with Gasteiger partial charge in [0, 0.05) is 28.7 Å². The summed E-state index contributed by atoms with van der Waals surface area (Å²) in [5.74, 6) is 0.160. The SMILES string of the molecule is CCc1ccc2c(COC(=O)/C=C/c3ccccc3OC)cc(=O)oc2c1. The largest absolute Gasteiger partial charge is 0.496 e. The Hall–Kier alpha value is -3.34. The summed E-state index contributed by atoms with van der Waals surface area (Å²) in [4.78, 5) is 23.9. The van der Waals surface area contributed by atoms with Gasteiger partial charge in [-0.15, -0.1) is 0 Å². The molecule has 0 atom stereocenters. The number of fused-ring (bicyclic) bond motifs is 1. The van der Waals surface area contributed by atoms with Gasteiger partial charge in [-0.3, -0.25) is 0 Å². The van der Waals surface area contributed by atoms with E-state index in [0.29, 0.717) is 16.9 Å². The minimum Gasteiger partial charge on any atom is -0.496 e. The summed E-state index contributed by atoms with van der Waals surface area (Å²) in [6, 6.07) is 14.4. The van der Waals surface area contributed by atoms with Crippen LogP contribution in [0.1, 0.15) is 23.6 Å². The molecule has 0 aliphatic rings. The number of carbonyl (C=O) groups excluding carboxylic acids is 1. The maximum atomic E-state index is 12.1. The monoisotopic (exact) mass is 364 g/mol. The van der Waals surface area contributed by atoms with E-state index in [1.807, 2.05) is 49.4 Å². The Bertz CT molecular complexity index is 1050. The van der Waals surface area contributed by atoms with Crippen LogP contribution in [0.4, 0.5) is 0 Å². The molecule has 5 heteroatoms.